The summed E-state index contributed by atoms with van der Waals surface area (Å²) in [6, 6.07) is -0.143. The number of likely N-dealkylation sites (N-methyl/N-ethyl adjacent to an activating group) is 1. The molecule has 2 aliphatic rings. The number of aliphatic imine (C=N–C) groups is 1. The van der Waals surface area contributed by atoms with Crippen LogP contribution in [0.4, 0.5) is 13.2 Å². The van der Waals surface area contributed by atoms with Crippen LogP contribution in [0.5, 0.6) is 0 Å². The molecule has 2 aliphatic heterocycles. The molecule has 2 heterocycles. The van der Waals surface area contributed by atoms with Gasteiger partial charge in [0.25, 0.3) is 0 Å². The van der Waals surface area contributed by atoms with Gasteiger partial charge in [-0.25, -0.2) is 8.42 Å². The van der Waals surface area contributed by atoms with Crippen molar-refractivity contribution < 1.29 is 26.3 Å². The SMILES string of the molecule is CN=C(NCC1CN(C)CCO1)NC1CCN(S(=O)(=O)C(F)(F)F)CC1.I. The van der Waals surface area contributed by atoms with E-state index in [0.29, 0.717) is 23.4 Å². The maximum Gasteiger partial charge on any atom is 0.511 e. The molecule has 27 heavy (non-hydrogen) atoms. The molecular weight excluding hydrogens is 502 g/mol. The zero-order valence-corrected chi connectivity index (χ0v) is 18.5. The van der Waals surface area contributed by atoms with E-state index in [4.69, 9.17) is 4.74 Å². The van der Waals surface area contributed by atoms with Crippen LogP contribution >= 0.6 is 24.0 Å². The number of ether oxygens (including phenoxy) is 1. The van der Waals surface area contributed by atoms with Crippen molar-refractivity contribution in [1.82, 2.24) is 19.8 Å². The first kappa shape index (κ1) is 24.7. The van der Waals surface area contributed by atoms with Crippen molar-refractivity contribution in [3.8, 4) is 0 Å². The largest absolute Gasteiger partial charge is 0.511 e. The van der Waals surface area contributed by atoms with Crippen LogP contribution in [-0.4, -0.2) is 94.7 Å². The number of sulfonamides is 1. The molecule has 0 aromatic heterocycles. The molecule has 0 aromatic rings. The predicted molar refractivity (Wildman–Crippen MR) is 107 cm³/mol. The van der Waals surface area contributed by atoms with Gasteiger partial charge in [-0.3, -0.25) is 4.99 Å². The number of hydrogen-bond acceptors (Lipinski definition) is 5. The third kappa shape index (κ3) is 6.87. The van der Waals surface area contributed by atoms with Crippen molar-refractivity contribution in [3.63, 3.8) is 0 Å². The Kier molecular flexibility index (Phi) is 9.51. The highest BCUT2D eigenvalue weighted by Crippen LogP contribution is 2.28. The maximum atomic E-state index is 12.6. The molecule has 2 N–H and O–H groups in total. The summed E-state index contributed by atoms with van der Waals surface area (Å²) in [5.74, 6) is 0.527. The van der Waals surface area contributed by atoms with Crippen LogP contribution in [0.1, 0.15) is 12.8 Å². The molecule has 0 radical (unpaired) electrons. The molecule has 0 bridgehead atoms. The van der Waals surface area contributed by atoms with Gasteiger partial charge in [0, 0.05) is 45.8 Å². The molecule has 0 spiro atoms. The van der Waals surface area contributed by atoms with Crippen LogP contribution in [-0.2, 0) is 14.8 Å². The van der Waals surface area contributed by atoms with Crippen molar-refractivity contribution in [2.75, 3.05) is 53.4 Å². The van der Waals surface area contributed by atoms with Crippen LogP contribution in [0.2, 0.25) is 0 Å². The number of hydrogen-bond donors (Lipinski definition) is 2. The van der Waals surface area contributed by atoms with Crippen LogP contribution in [0.15, 0.2) is 4.99 Å². The monoisotopic (exact) mass is 529 g/mol. The fourth-order valence-corrected chi connectivity index (χ4v) is 3.96. The molecule has 0 saturated carbocycles. The Morgan fingerprint density at radius 2 is 1.89 bits per heavy atom. The van der Waals surface area contributed by atoms with E-state index in [1.54, 1.807) is 7.05 Å². The van der Waals surface area contributed by atoms with E-state index in [1.807, 2.05) is 7.05 Å². The summed E-state index contributed by atoms with van der Waals surface area (Å²) in [6.45, 7) is 2.58. The van der Waals surface area contributed by atoms with E-state index >= 15 is 0 Å². The lowest BCUT2D eigenvalue weighted by Crippen LogP contribution is -2.53. The first-order chi connectivity index (χ1) is 12.1. The highest BCUT2D eigenvalue weighted by molar-refractivity contribution is 14.0. The van der Waals surface area contributed by atoms with E-state index in [9.17, 15) is 21.6 Å². The lowest BCUT2D eigenvalue weighted by Gasteiger charge is -2.33. The summed E-state index contributed by atoms with van der Waals surface area (Å²) in [4.78, 5) is 6.28. The number of morpholine rings is 1. The lowest BCUT2D eigenvalue weighted by molar-refractivity contribution is -0.0494. The zero-order chi connectivity index (χ0) is 19.4. The van der Waals surface area contributed by atoms with Gasteiger partial charge in [0.1, 0.15) is 0 Å². The van der Waals surface area contributed by atoms with Crippen LogP contribution in [0.25, 0.3) is 0 Å². The van der Waals surface area contributed by atoms with Crippen molar-refractivity contribution in [2.24, 2.45) is 4.99 Å². The van der Waals surface area contributed by atoms with E-state index in [0.717, 1.165) is 13.1 Å². The third-order valence-corrected chi connectivity index (χ3v) is 6.12. The Balaban J connectivity index is 0.00000364. The molecule has 160 valence electrons. The Hall–Kier alpha value is -0.380. The number of rotatable bonds is 4. The quantitative estimate of drug-likeness (QED) is 0.312. The van der Waals surface area contributed by atoms with Gasteiger partial charge in [-0.1, -0.05) is 0 Å². The van der Waals surface area contributed by atoms with Crippen molar-refractivity contribution in [2.45, 2.75) is 30.5 Å². The van der Waals surface area contributed by atoms with Crippen LogP contribution < -0.4 is 10.6 Å². The van der Waals surface area contributed by atoms with Crippen LogP contribution in [0.3, 0.4) is 0 Å². The molecule has 1 unspecified atom stereocenters. The lowest BCUT2D eigenvalue weighted by atomic mass is 10.1. The van der Waals surface area contributed by atoms with Gasteiger partial charge in [-0.15, -0.1) is 24.0 Å². The maximum absolute atomic E-state index is 12.6. The second-order valence-electron chi connectivity index (χ2n) is 6.48. The normalized spacial score (nSPS) is 24.3. The molecule has 13 heteroatoms. The first-order valence-electron chi connectivity index (χ1n) is 8.47. The summed E-state index contributed by atoms with van der Waals surface area (Å²) < 4.78 is 66.8. The molecular formula is C14H27F3IN5O3S. The minimum absolute atomic E-state index is 0. The number of halogens is 4. The number of alkyl halides is 3. The number of nitrogens with one attached hydrogen (secondary N) is 2. The molecule has 2 fully saturated rings. The van der Waals surface area contributed by atoms with Crippen molar-refractivity contribution in [3.05, 3.63) is 0 Å². The van der Waals surface area contributed by atoms with E-state index in [2.05, 4.69) is 20.5 Å². The number of nitrogens with zero attached hydrogens (tertiary/aromatic N) is 3. The second-order valence-corrected chi connectivity index (χ2v) is 8.41. The van der Waals surface area contributed by atoms with E-state index < -0.39 is 15.5 Å². The molecule has 2 rings (SSSR count). The number of piperidine rings is 1. The molecule has 0 amide bonds. The first-order valence-corrected chi connectivity index (χ1v) is 9.91. The minimum atomic E-state index is -5.25. The fourth-order valence-electron chi connectivity index (χ4n) is 2.98. The minimum Gasteiger partial charge on any atom is -0.374 e. The average Bonchev–Trinajstić information content (AvgIpc) is 2.58. The standard InChI is InChI=1S/C14H26F3N5O3S.HI/c1-18-13(19-9-12-10-21(2)7-8-25-12)20-11-3-5-22(6-4-11)26(23,24)14(15,16)17;/h11-12H,3-10H2,1-2H3,(H2,18,19,20);1H. The average molecular weight is 529 g/mol. The topological polar surface area (TPSA) is 86.3 Å². The molecule has 0 aromatic carbocycles. The Labute approximate surface area is 175 Å². The van der Waals surface area contributed by atoms with Gasteiger partial charge >= 0.3 is 15.5 Å². The van der Waals surface area contributed by atoms with Gasteiger partial charge < -0.3 is 20.3 Å². The Bertz CT molecular complexity index is 597. The zero-order valence-electron chi connectivity index (χ0n) is 15.3. The van der Waals surface area contributed by atoms with Gasteiger partial charge in [0.15, 0.2) is 5.96 Å². The fraction of sp³-hybridized carbons (Fsp3) is 0.929. The predicted octanol–water partition coefficient (Wildman–Crippen LogP) is 0.414. The van der Waals surface area contributed by atoms with Gasteiger partial charge in [-0.05, 0) is 19.9 Å². The highest BCUT2D eigenvalue weighted by Gasteiger charge is 2.50. The molecule has 8 nitrogen and oxygen atoms in total. The summed E-state index contributed by atoms with van der Waals surface area (Å²) in [6.07, 6.45) is 0.586. The smallest absolute Gasteiger partial charge is 0.374 e. The van der Waals surface area contributed by atoms with Crippen molar-refractivity contribution in [1.29, 1.82) is 0 Å². The molecule has 2 saturated heterocycles. The summed E-state index contributed by atoms with van der Waals surface area (Å²) >= 11 is 0. The van der Waals surface area contributed by atoms with E-state index in [1.165, 1.54) is 0 Å². The summed E-state index contributed by atoms with van der Waals surface area (Å²) in [5, 5.41) is 6.28. The second kappa shape index (κ2) is 10.4. The Morgan fingerprint density at radius 3 is 2.41 bits per heavy atom. The molecule has 0 aliphatic carbocycles. The Morgan fingerprint density at radius 1 is 1.26 bits per heavy atom. The third-order valence-electron chi connectivity index (χ3n) is 4.49. The summed E-state index contributed by atoms with van der Waals surface area (Å²) in [5.41, 5.74) is -5.25. The van der Waals surface area contributed by atoms with Crippen molar-refractivity contribution >= 4 is 40.0 Å². The highest BCUT2D eigenvalue weighted by atomic mass is 127. The summed E-state index contributed by atoms with van der Waals surface area (Å²) in [7, 11) is -1.63. The van der Waals surface area contributed by atoms with E-state index in [-0.39, 0.29) is 62.1 Å². The number of guanidine groups is 1. The van der Waals surface area contributed by atoms with Gasteiger partial charge in [0.2, 0.25) is 0 Å². The van der Waals surface area contributed by atoms with Gasteiger partial charge in [0.05, 0.1) is 12.7 Å². The van der Waals surface area contributed by atoms with Crippen LogP contribution in [0, 0.1) is 0 Å². The molecule has 1 atom stereocenters. The van der Waals surface area contributed by atoms with Gasteiger partial charge in [-0.2, -0.15) is 17.5 Å².